The first-order chi connectivity index (χ1) is 6.57. The lowest BCUT2D eigenvalue weighted by molar-refractivity contribution is 0.101. The second-order valence-corrected chi connectivity index (χ2v) is 3.51. The lowest BCUT2D eigenvalue weighted by Gasteiger charge is -2.09. The van der Waals surface area contributed by atoms with Crippen molar-refractivity contribution in [3.05, 3.63) is 27.7 Å². The van der Waals surface area contributed by atoms with Crippen molar-refractivity contribution in [1.82, 2.24) is 0 Å². The monoisotopic (exact) mass is 232 g/mol. The van der Waals surface area contributed by atoms with Crippen LogP contribution in [0.2, 0.25) is 10.0 Å². The van der Waals surface area contributed by atoms with Crippen molar-refractivity contribution in [3.8, 4) is 5.75 Å². The van der Waals surface area contributed by atoms with Crippen LogP contribution in [-0.2, 0) is 0 Å². The van der Waals surface area contributed by atoms with Crippen LogP contribution in [0.1, 0.15) is 24.2 Å². The molecular weight excluding hydrogens is 223 g/mol. The van der Waals surface area contributed by atoms with Gasteiger partial charge in [-0.3, -0.25) is 4.79 Å². The van der Waals surface area contributed by atoms with Crippen molar-refractivity contribution in [3.63, 3.8) is 0 Å². The first-order valence-corrected chi connectivity index (χ1v) is 4.95. The molecule has 0 saturated carbocycles. The Labute approximate surface area is 92.8 Å². The van der Waals surface area contributed by atoms with Gasteiger partial charge in [0.25, 0.3) is 0 Å². The number of rotatable bonds is 3. The largest absolute Gasteiger partial charge is 0.492 e. The molecule has 0 fully saturated rings. The number of halogens is 2. The summed E-state index contributed by atoms with van der Waals surface area (Å²) in [5.74, 6) is 0.324. The molecule has 0 aromatic heterocycles. The van der Waals surface area contributed by atoms with E-state index in [0.29, 0.717) is 22.9 Å². The number of hydrogen-bond acceptors (Lipinski definition) is 2. The van der Waals surface area contributed by atoms with E-state index in [9.17, 15) is 4.79 Å². The molecule has 0 aliphatic heterocycles. The van der Waals surface area contributed by atoms with Crippen molar-refractivity contribution in [1.29, 1.82) is 0 Å². The molecule has 0 heterocycles. The Morgan fingerprint density at radius 1 is 1.43 bits per heavy atom. The van der Waals surface area contributed by atoms with Gasteiger partial charge in [0.2, 0.25) is 0 Å². The second kappa shape index (κ2) is 4.67. The van der Waals surface area contributed by atoms with Gasteiger partial charge in [-0.25, -0.2) is 0 Å². The van der Waals surface area contributed by atoms with Gasteiger partial charge in [-0.05, 0) is 26.0 Å². The van der Waals surface area contributed by atoms with E-state index in [2.05, 4.69) is 0 Å². The highest BCUT2D eigenvalue weighted by Gasteiger charge is 2.14. The molecule has 1 aromatic rings. The summed E-state index contributed by atoms with van der Waals surface area (Å²) in [6, 6.07) is 3.26. The van der Waals surface area contributed by atoms with E-state index < -0.39 is 0 Å². The van der Waals surface area contributed by atoms with E-state index in [1.807, 2.05) is 6.92 Å². The topological polar surface area (TPSA) is 26.3 Å². The van der Waals surface area contributed by atoms with Crippen LogP contribution in [-0.4, -0.2) is 12.4 Å². The zero-order valence-corrected chi connectivity index (χ0v) is 9.45. The maximum absolute atomic E-state index is 11.2. The van der Waals surface area contributed by atoms with Crippen LogP contribution in [0.5, 0.6) is 5.75 Å². The molecule has 1 aromatic carbocycles. The molecule has 4 heteroatoms. The third-order valence-electron chi connectivity index (χ3n) is 1.71. The first kappa shape index (κ1) is 11.3. The van der Waals surface area contributed by atoms with Gasteiger partial charge in [0.15, 0.2) is 5.78 Å². The fourth-order valence-corrected chi connectivity index (χ4v) is 1.81. The van der Waals surface area contributed by atoms with Crippen LogP contribution in [0.15, 0.2) is 12.1 Å². The summed E-state index contributed by atoms with van der Waals surface area (Å²) in [7, 11) is 0. The van der Waals surface area contributed by atoms with Gasteiger partial charge in [-0.1, -0.05) is 23.2 Å². The summed E-state index contributed by atoms with van der Waals surface area (Å²) in [6.45, 7) is 3.76. The van der Waals surface area contributed by atoms with Gasteiger partial charge in [0, 0.05) is 0 Å². The molecule has 0 aliphatic carbocycles. The fraction of sp³-hybridized carbons (Fsp3) is 0.300. The molecule has 0 bridgehead atoms. The number of hydrogen-bond donors (Lipinski definition) is 0. The minimum atomic E-state index is -0.165. The quantitative estimate of drug-likeness (QED) is 0.745. The Hall–Kier alpha value is -0.730. The van der Waals surface area contributed by atoms with Gasteiger partial charge >= 0.3 is 0 Å². The Kier molecular flexibility index (Phi) is 3.78. The summed E-state index contributed by atoms with van der Waals surface area (Å²) in [6.07, 6.45) is 0. The van der Waals surface area contributed by atoms with E-state index >= 15 is 0 Å². The summed E-state index contributed by atoms with van der Waals surface area (Å²) in [5, 5.41) is 0.637. The average Bonchev–Trinajstić information content (AvgIpc) is 2.10. The summed E-state index contributed by atoms with van der Waals surface area (Å²) in [5.41, 5.74) is 0.319. The Morgan fingerprint density at radius 2 is 2.07 bits per heavy atom. The normalized spacial score (nSPS) is 10.0. The van der Waals surface area contributed by atoms with Crippen molar-refractivity contribution in [2.75, 3.05) is 6.61 Å². The second-order valence-electron chi connectivity index (χ2n) is 2.72. The Bertz CT molecular complexity index is 361. The molecule has 14 heavy (non-hydrogen) atoms. The molecule has 0 saturated heterocycles. The van der Waals surface area contributed by atoms with Crippen LogP contribution in [0.3, 0.4) is 0 Å². The lowest BCUT2D eigenvalue weighted by atomic mass is 10.1. The van der Waals surface area contributed by atoms with Crippen molar-refractivity contribution in [2.24, 2.45) is 0 Å². The third-order valence-corrected chi connectivity index (χ3v) is 2.40. The number of benzene rings is 1. The van der Waals surface area contributed by atoms with Crippen LogP contribution < -0.4 is 4.74 Å². The average molecular weight is 233 g/mol. The van der Waals surface area contributed by atoms with Gasteiger partial charge in [0.05, 0.1) is 22.2 Å². The van der Waals surface area contributed by atoms with Crippen LogP contribution >= 0.6 is 23.2 Å². The van der Waals surface area contributed by atoms with E-state index in [1.165, 1.54) is 6.92 Å². The summed E-state index contributed by atoms with van der Waals surface area (Å²) in [4.78, 5) is 11.2. The number of ether oxygens (including phenoxy) is 1. The van der Waals surface area contributed by atoms with Crippen molar-refractivity contribution in [2.45, 2.75) is 13.8 Å². The molecule has 2 nitrogen and oxygen atoms in total. The van der Waals surface area contributed by atoms with Gasteiger partial charge < -0.3 is 4.74 Å². The molecular formula is C10H10Cl2O2. The highest BCUT2D eigenvalue weighted by atomic mass is 35.5. The van der Waals surface area contributed by atoms with Gasteiger partial charge in [-0.15, -0.1) is 0 Å². The highest BCUT2D eigenvalue weighted by molar-refractivity contribution is 6.40. The zero-order valence-electron chi connectivity index (χ0n) is 7.93. The summed E-state index contributed by atoms with van der Waals surface area (Å²) < 4.78 is 5.24. The fourth-order valence-electron chi connectivity index (χ4n) is 1.12. The molecule has 0 amide bonds. The third kappa shape index (κ3) is 2.20. The molecule has 0 N–H and O–H groups in total. The molecule has 0 atom stereocenters. The first-order valence-electron chi connectivity index (χ1n) is 4.19. The Balaban J connectivity index is 3.26. The highest BCUT2D eigenvalue weighted by Crippen LogP contribution is 2.33. The van der Waals surface area contributed by atoms with Crippen molar-refractivity contribution >= 4 is 29.0 Å². The number of carbonyl (C=O) groups excluding carboxylic acids is 1. The summed E-state index contributed by atoms with van der Waals surface area (Å²) >= 11 is 11.8. The molecule has 0 spiro atoms. The predicted octanol–water partition coefficient (Wildman–Crippen LogP) is 3.59. The minimum Gasteiger partial charge on any atom is -0.492 e. The van der Waals surface area contributed by atoms with E-state index in [0.717, 1.165) is 0 Å². The number of Topliss-reactive ketones (excluding diaryl/α,β-unsaturated/α-hetero) is 1. The molecule has 76 valence electrons. The minimum absolute atomic E-state index is 0.165. The van der Waals surface area contributed by atoms with Crippen LogP contribution in [0.4, 0.5) is 0 Å². The molecule has 0 unspecified atom stereocenters. The van der Waals surface area contributed by atoms with Gasteiger partial charge in [-0.2, -0.15) is 0 Å². The smallest absolute Gasteiger partial charge is 0.162 e. The van der Waals surface area contributed by atoms with Gasteiger partial charge in [0.1, 0.15) is 5.75 Å². The molecule has 0 radical (unpaired) electrons. The SMILES string of the molecule is CCOc1ccc(Cl)c(C(C)=O)c1Cl. The van der Waals surface area contributed by atoms with Crippen molar-refractivity contribution < 1.29 is 9.53 Å². The maximum atomic E-state index is 11.2. The van der Waals surface area contributed by atoms with E-state index in [4.69, 9.17) is 27.9 Å². The molecule has 0 aliphatic rings. The van der Waals surface area contributed by atoms with Crippen LogP contribution in [0, 0.1) is 0 Å². The number of ketones is 1. The lowest BCUT2D eigenvalue weighted by Crippen LogP contribution is -1.99. The number of carbonyl (C=O) groups is 1. The Morgan fingerprint density at radius 3 is 2.57 bits per heavy atom. The standard InChI is InChI=1S/C10H10Cl2O2/c1-3-14-8-5-4-7(11)9(6(2)13)10(8)12/h4-5H,3H2,1-2H3. The maximum Gasteiger partial charge on any atom is 0.162 e. The zero-order chi connectivity index (χ0) is 10.7. The van der Waals surface area contributed by atoms with E-state index in [-0.39, 0.29) is 10.8 Å². The predicted molar refractivity (Wildman–Crippen MR) is 57.6 cm³/mol. The van der Waals surface area contributed by atoms with Crippen LogP contribution in [0.25, 0.3) is 0 Å². The molecule has 1 rings (SSSR count). The van der Waals surface area contributed by atoms with E-state index in [1.54, 1.807) is 12.1 Å².